The average Bonchev–Trinajstić information content (AvgIpc) is 2.79. The smallest absolute Gasteiger partial charge is 0.231 e. The molecule has 0 bridgehead atoms. The number of benzene rings is 2. The minimum atomic E-state index is 0.309. The number of ether oxygens (including phenoxy) is 2. The molecule has 86 valence electrons. The number of fused-ring (bicyclic) bond motifs is 1. The third-order valence-corrected chi connectivity index (χ3v) is 2.71. The van der Waals surface area contributed by atoms with Crippen molar-refractivity contribution in [2.45, 2.75) is 6.92 Å². The number of nitrogens with one attached hydrogen (secondary N) is 1. The Balaban J connectivity index is 1.83. The summed E-state index contributed by atoms with van der Waals surface area (Å²) < 4.78 is 10.6. The van der Waals surface area contributed by atoms with E-state index in [1.54, 1.807) is 0 Å². The van der Waals surface area contributed by atoms with Gasteiger partial charge in [-0.3, -0.25) is 0 Å². The van der Waals surface area contributed by atoms with E-state index >= 15 is 0 Å². The van der Waals surface area contributed by atoms with Crippen LogP contribution < -0.4 is 14.8 Å². The van der Waals surface area contributed by atoms with E-state index in [1.807, 2.05) is 18.2 Å². The maximum Gasteiger partial charge on any atom is 0.231 e. The molecule has 1 N–H and O–H groups in total. The van der Waals surface area contributed by atoms with E-state index in [2.05, 4.69) is 36.5 Å². The van der Waals surface area contributed by atoms with Gasteiger partial charge >= 0.3 is 0 Å². The Hall–Kier alpha value is -2.16. The molecule has 0 saturated heterocycles. The molecule has 0 atom stereocenters. The molecule has 3 nitrogen and oxygen atoms in total. The summed E-state index contributed by atoms with van der Waals surface area (Å²) in [6, 6.07) is 14.1. The lowest BCUT2D eigenvalue weighted by atomic mass is 10.2. The van der Waals surface area contributed by atoms with E-state index in [9.17, 15) is 0 Å². The molecule has 0 fully saturated rings. The van der Waals surface area contributed by atoms with Crippen LogP contribution >= 0.6 is 0 Å². The highest BCUT2D eigenvalue weighted by Crippen LogP contribution is 2.35. The van der Waals surface area contributed by atoms with E-state index in [0.29, 0.717) is 6.79 Å². The summed E-state index contributed by atoms with van der Waals surface area (Å²) in [4.78, 5) is 0. The van der Waals surface area contributed by atoms with Crippen molar-refractivity contribution in [3.05, 3.63) is 48.0 Å². The molecule has 3 rings (SSSR count). The van der Waals surface area contributed by atoms with Crippen LogP contribution in [0.1, 0.15) is 5.56 Å². The van der Waals surface area contributed by atoms with Crippen molar-refractivity contribution in [1.29, 1.82) is 0 Å². The van der Waals surface area contributed by atoms with Gasteiger partial charge < -0.3 is 14.8 Å². The fraction of sp³-hybridized carbons (Fsp3) is 0.143. The molecule has 0 saturated carbocycles. The lowest BCUT2D eigenvalue weighted by molar-refractivity contribution is 0.174. The standard InChI is InChI=1S/C14H13NO2/c1-10-2-4-11(5-3-10)15-12-6-7-13-14(8-12)17-9-16-13/h2-8,15H,9H2,1H3. The molecule has 17 heavy (non-hydrogen) atoms. The quantitative estimate of drug-likeness (QED) is 0.852. The van der Waals surface area contributed by atoms with Crippen molar-refractivity contribution >= 4 is 11.4 Å². The zero-order valence-electron chi connectivity index (χ0n) is 9.57. The highest BCUT2D eigenvalue weighted by molar-refractivity contribution is 5.64. The van der Waals surface area contributed by atoms with Crippen LogP contribution in [0.25, 0.3) is 0 Å². The monoisotopic (exact) mass is 227 g/mol. The maximum atomic E-state index is 5.33. The summed E-state index contributed by atoms with van der Waals surface area (Å²) >= 11 is 0. The molecule has 0 unspecified atom stereocenters. The van der Waals surface area contributed by atoms with Gasteiger partial charge in [-0.25, -0.2) is 0 Å². The second-order valence-corrected chi connectivity index (χ2v) is 4.06. The molecule has 1 aliphatic heterocycles. The number of rotatable bonds is 2. The molecule has 1 heterocycles. The van der Waals surface area contributed by atoms with Gasteiger partial charge in [0.25, 0.3) is 0 Å². The summed E-state index contributed by atoms with van der Waals surface area (Å²) in [5.41, 5.74) is 3.31. The zero-order chi connectivity index (χ0) is 11.7. The topological polar surface area (TPSA) is 30.5 Å². The first-order valence-corrected chi connectivity index (χ1v) is 5.54. The molecule has 0 radical (unpaired) electrons. The number of hydrogen-bond acceptors (Lipinski definition) is 3. The Labute approximate surface area is 100.0 Å². The minimum absolute atomic E-state index is 0.309. The Morgan fingerprint density at radius 1 is 0.882 bits per heavy atom. The minimum Gasteiger partial charge on any atom is -0.454 e. The van der Waals surface area contributed by atoms with E-state index in [-0.39, 0.29) is 0 Å². The molecule has 0 aliphatic carbocycles. The maximum absolute atomic E-state index is 5.33. The SMILES string of the molecule is Cc1ccc(Nc2ccc3c(c2)OCO3)cc1. The van der Waals surface area contributed by atoms with Gasteiger partial charge in [-0.05, 0) is 31.2 Å². The molecule has 0 spiro atoms. The van der Waals surface area contributed by atoms with E-state index < -0.39 is 0 Å². The molecule has 2 aromatic carbocycles. The summed E-state index contributed by atoms with van der Waals surface area (Å²) in [5, 5.41) is 3.33. The average molecular weight is 227 g/mol. The number of aryl methyl sites for hydroxylation is 1. The molecule has 0 aromatic heterocycles. The van der Waals surface area contributed by atoms with Crippen LogP contribution in [0.3, 0.4) is 0 Å². The normalized spacial score (nSPS) is 12.5. The van der Waals surface area contributed by atoms with Crippen molar-refractivity contribution in [2.24, 2.45) is 0 Å². The molecule has 1 aliphatic rings. The lowest BCUT2D eigenvalue weighted by Gasteiger charge is -2.07. The first-order valence-electron chi connectivity index (χ1n) is 5.54. The van der Waals surface area contributed by atoms with Crippen molar-refractivity contribution < 1.29 is 9.47 Å². The van der Waals surface area contributed by atoms with E-state index in [0.717, 1.165) is 22.9 Å². The molecule has 3 heteroatoms. The Morgan fingerprint density at radius 2 is 1.59 bits per heavy atom. The van der Waals surface area contributed by atoms with Crippen LogP contribution in [0.5, 0.6) is 11.5 Å². The highest BCUT2D eigenvalue weighted by Gasteiger charge is 2.12. The van der Waals surface area contributed by atoms with Crippen LogP contribution in [0, 0.1) is 6.92 Å². The van der Waals surface area contributed by atoms with Gasteiger partial charge in [-0.1, -0.05) is 17.7 Å². The Morgan fingerprint density at radius 3 is 2.41 bits per heavy atom. The van der Waals surface area contributed by atoms with Gasteiger partial charge in [0.2, 0.25) is 6.79 Å². The highest BCUT2D eigenvalue weighted by atomic mass is 16.7. The summed E-state index contributed by atoms with van der Waals surface area (Å²) in [6.07, 6.45) is 0. The van der Waals surface area contributed by atoms with Gasteiger partial charge in [0.05, 0.1) is 0 Å². The second-order valence-electron chi connectivity index (χ2n) is 4.06. The largest absolute Gasteiger partial charge is 0.454 e. The van der Waals surface area contributed by atoms with E-state index in [4.69, 9.17) is 9.47 Å². The number of anilines is 2. The van der Waals surface area contributed by atoms with Gasteiger partial charge in [0.15, 0.2) is 11.5 Å². The van der Waals surface area contributed by atoms with Crippen molar-refractivity contribution in [1.82, 2.24) is 0 Å². The Kier molecular flexibility index (Phi) is 2.37. The van der Waals surface area contributed by atoms with Gasteiger partial charge in [-0.2, -0.15) is 0 Å². The predicted molar refractivity (Wildman–Crippen MR) is 67.0 cm³/mol. The fourth-order valence-electron chi connectivity index (χ4n) is 1.78. The molecule has 0 amide bonds. The third kappa shape index (κ3) is 2.04. The van der Waals surface area contributed by atoms with Crippen LogP contribution in [-0.2, 0) is 0 Å². The van der Waals surface area contributed by atoms with Crippen molar-refractivity contribution in [3.63, 3.8) is 0 Å². The summed E-state index contributed by atoms with van der Waals surface area (Å²) in [6.45, 7) is 2.38. The van der Waals surface area contributed by atoms with Crippen molar-refractivity contribution in [3.8, 4) is 11.5 Å². The second kappa shape index (κ2) is 4.01. The zero-order valence-corrected chi connectivity index (χ0v) is 9.57. The lowest BCUT2D eigenvalue weighted by Crippen LogP contribution is -1.93. The van der Waals surface area contributed by atoms with Crippen LogP contribution in [-0.4, -0.2) is 6.79 Å². The fourth-order valence-corrected chi connectivity index (χ4v) is 1.78. The predicted octanol–water partition coefficient (Wildman–Crippen LogP) is 3.47. The molecular formula is C14H13NO2. The first kappa shape index (κ1) is 10.0. The van der Waals surface area contributed by atoms with E-state index in [1.165, 1.54) is 5.56 Å². The summed E-state index contributed by atoms with van der Waals surface area (Å²) in [7, 11) is 0. The van der Waals surface area contributed by atoms with Gasteiger partial charge in [-0.15, -0.1) is 0 Å². The van der Waals surface area contributed by atoms with Crippen LogP contribution in [0.15, 0.2) is 42.5 Å². The summed E-state index contributed by atoms with van der Waals surface area (Å²) in [5.74, 6) is 1.60. The molecular weight excluding hydrogens is 214 g/mol. The van der Waals surface area contributed by atoms with Crippen molar-refractivity contribution in [2.75, 3.05) is 12.1 Å². The van der Waals surface area contributed by atoms with Gasteiger partial charge in [0.1, 0.15) is 0 Å². The molecule has 2 aromatic rings. The van der Waals surface area contributed by atoms with Crippen LogP contribution in [0.4, 0.5) is 11.4 Å². The third-order valence-electron chi connectivity index (χ3n) is 2.71. The Bertz CT molecular complexity index is 534. The van der Waals surface area contributed by atoms with Gasteiger partial charge in [0, 0.05) is 17.4 Å². The first-order chi connectivity index (χ1) is 8.31. The van der Waals surface area contributed by atoms with Crippen LogP contribution in [0.2, 0.25) is 0 Å². The number of hydrogen-bond donors (Lipinski definition) is 1.